The van der Waals surface area contributed by atoms with Gasteiger partial charge in [-0.05, 0) is 20.8 Å². The molecule has 0 aliphatic carbocycles. The Morgan fingerprint density at radius 2 is 2.12 bits per heavy atom. The molecule has 1 aromatic rings. The largest absolute Gasteiger partial charge is 0.358 e. The number of nitrogens with zero attached hydrogens (tertiary/aromatic N) is 2. The highest BCUT2D eigenvalue weighted by Crippen LogP contribution is 2.15. The average molecular weight is 224 g/mol. The van der Waals surface area contributed by atoms with Crippen LogP contribution in [0.25, 0.3) is 0 Å². The van der Waals surface area contributed by atoms with E-state index in [1.165, 1.54) is 0 Å². The fourth-order valence-electron chi connectivity index (χ4n) is 1.80. The second-order valence-corrected chi connectivity index (χ2v) is 4.07. The van der Waals surface area contributed by atoms with Gasteiger partial charge in [-0.25, -0.2) is 0 Å². The van der Waals surface area contributed by atoms with Crippen LogP contribution in [0.2, 0.25) is 0 Å². The predicted molar refractivity (Wildman–Crippen MR) is 63.0 cm³/mol. The van der Waals surface area contributed by atoms with Gasteiger partial charge in [0.1, 0.15) is 0 Å². The molecule has 1 aromatic heterocycles. The fourth-order valence-corrected chi connectivity index (χ4v) is 1.80. The molecular weight excluding hydrogens is 204 g/mol. The number of likely N-dealkylation sites (N-methyl/N-ethyl adjacent to an activating group) is 1. The number of carbonyl (C=O) groups excluding carboxylic acids is 1. The van der Waals surface area contributed by atoms with Crippen molar-refractivity contribution in [3.63, 3.8) is 0 Å². The van der Waals surface area contributed by atoms with Crippen molar-refractivity contribution in [2.45, 2.75) is 32.9 Å². The molecule has 0 fully saturated rings. The van der Waals surface area contributed by atoms with E-state index >= 15 is 0 Å². The molecule has 90 valence electrons. The van der Waals surface area contributed by atoms with Crippen molar-refractivity contribution in [1.82, 2.24) is 20.4 Å². The lowest BCUT2D eigenvalue weighted by Gasteiger charge is -2.18. The van der Waals surface area contributed by atoms with Gasteiger partial charge in [-0.2, -0.15) is 5.10 Å². The molecule has 0 radical (unpaired) electrons. The summed E-state index contributed by atoms with van der Waals surface area (Å²) in [6, 6.07) is -0.0967. The number of carbonyl (C=O) groups is 1. The Morgan fingerprint density at radius 1 is 1.50 bits per heavy atom. The smallest absolute Gasteiger partial charge is 0.236 e. The molecule has 2 atom stereocenters. The van der Waals surface area contributed by atoms with Crippen LogP contribution in [0.1, 0.15) is 31.1 Å². The van der Waals surface area contributed by atoms with Gasteiger partial charge in [-0.1, -0.05) is 0 Å². The molecule has 0 aliphatic rings. The van der Waals surface area contributed by atoms with Crippen molar-refractivity contribution < 1.29 is 4.79 Å². The van der Waals surface area contributed by atoms with E-state index in [0.29, 0.717) is 0 Å². The Labute approximate surface area is 96.2 Å². The first kappa shape index (κ1) is 12.7. The molecule has 16 heavy (non-hydrogen) atoms. The lowest BCUT2D eigenvalue weighted by Crippen LogP contribution is -2.41. The predicted octanol–water partition coefficient (Wildman–Crippen LogP) is 0.514. The molecule has 0 saturated carbocycles. The van der Waals surface area contributed by atoms with Crippen molar-refractivity contribution in [1.29, 1.82) is 0 Å². The number of aromatic nitrogens is 2. The first-order chi connectivity index (χ1) is 7.45. The van der Waals surface area contributed by atoms with Gasteiger partial charge in [0.2, 0.25) is 5.91 Å². The van der Waals surface area contributed by atoms with Gasteiger partial charge >= 0.3 is 0 Å². The van der Waals surface area contributed by atoms with E-state index in [9.17, 15) is 4.79 Å². The van der Waals surface area contributed by atoms with Crippen LogP contribution in [0.3, 0.4) is 0 Å². The summed E-state index contributed by atoms with van der Waals surface area (Å²) in [6.07, 6.45) is 1.98. The summed E-state index contributed by atoms with van der Waals surface area (Å²) >= 11 is 0. The van der Waals surface area contributed by atoms with Gasteiger partial charge in [0, 0.05) is 31.9 Å². The van der Waals surface area contributed by atoms with Gasteiger partial charge in [-0.3, -0.25) is 14.8 Å². The average Bonchev–Trinajstić information content (AvgIpc) is 2.56. The van der Waals surface area contributed by atoms with Crippen LogP contribution in [0.15, 0.2) is 6.20 Å². The minimum Gasteiger partial charge on any atom is -0.358 e. The number of rotatable bonds is 4. The van der Waals surface area contributed by atoms with Crippen LogP contribution >= 0.6 is 0 Å². The molecule has 1 heterocycles. The molecule has 5 nitrogen and oxygen atoms in total. The molecule has 0 saturated heterocycles. The SMILES string of the molecule is CNC(=O)C(C)NC(C)c1cn(C)nc1C. The Morgan fingerprint density at radius 3 is 2.56 bits per heavy atom. The van der Waals surface area contributed by atoms with Crippen molar-refractivity contribution in [2.75, 3.05) is 7.05 Å². The molecular formula is C11H20N4O. The van der Waals surface area contributed by atoms with E-state index in [1.807, 2.05) is 34.0 Å². The topological polar surface area (TPSA) is 59.0 Å². The number of hydrogen-bond donors (Lipinski definition) is 2. The molecule has 1 rings (SSSR count). The number of amides is 1. The zero-order valence-corrected chi connectivity index (χ0v) is 10.5. The minimum atomic E-state index is -0.209. The van der Waals surface area contributed by atoms with Crippen LogP contribution in [0.4, 0.5) is 0 Å². The molecule has 0 aliphatic heterocycles. The zero-order chi connectivity index (χ0) is 12.3. The monoisotopic (exact) mass is 224 g/mol. The van der Waals surface area contributed by atoms with Crippen molar-refractivity contribution in [3.8, 4) is 0 Å². The second-order valence-electron chi connectivity index (χ2n) is 4.07. The summed E-state index contributed by atoms with van der Waals surface area (Å²) in [6.45, 7) is 5.85. The van der Waals surface area contributed by atoms with Crippen LogP contribution in [0, 0.1) is 6.92 Å². The minimum absolute atomic E-state index is 0.00612. The Hall–Kier alpha value is -1.36. The summed E-state index contributed by atoms with van der Waals surface area (Å²) in [5.74, 6) is -0.00612. The highest BCUT2D eigenvalue weighted by Gasteiger charge is 2.17. The second kappa shape index (κ2) is 5.12. The van der Waals surface area contributed by atoms with Gasteiger partial charge in [-0.15, -0.1) is 0 Å². The quantitative estimate of drug-likeness (QED) is 0.783. The fraction of sp³-hybridized carbons (Fsp3) is 0.636. The number of aryl methyl sites for hydroxylation is 2. The molecule has 2 unspecified atom stereocenters. The molecule has 2 N–H and O–H groups in total. The molecule has 0 aromatic carbocycles. The lowest BCUT2D eigenvalue weighted by atomic mass is 10.1. The van der Waals surface area contributed by atoms with Gasteiger partial charge < -0.3 is 5.32 Å². The van der Waals surface area contributed by atoms with E-state index < -0.39 is 0 Å². The van der Waals surface area contributed by atoms with Crippen molar-refractivity contribution >= 4 is 5.91 Å². The number of hydrogen-bond acceptors (Lipinski definition) is 3. The summed E-state index contributed by atoms with van der Waals surface area (Å²) in [5.41, 5.74) is 2.12. The molecule has 0 bridgehead atoms. The summed E-state index contributed by atoms with van der Waals surface area (Å²) in [7, 11) is 3.53. The Balaban J connectivity index is 2.68. The van der Waals surface area contributed by atoms with Gasteiger partial charge in [0.05, 0.1) is 11.7 Å². The first-order valence-corrected chi connectivity index (χ1v) is 5.43. The highest BCUT2D eigenvalue weighted by molar-refractivity contribution is 5.80. The van der Waals surface area contributed by atoms with Crippen LogP contribution in [0.5, 0.6) is 0 Å². The maximum absolute atomic E-state index is 11.4. The first-order valence-electron chi connectivity index (χ1n) is 5.43. The third-order valence-corrected chi connectivity index (χ3v) is 2.66. The standard InChI is InChI=1S/C11H20N4O/c1-7(13-9(3)11(16)12-4)10-6-15(5)14-8(10)2/h6-7,9,13H,1-5H3,(H,12,16). The summed E-state index contributed by atoms with van der Waals surface area (Å²) < 4.78 is 1.79. The van der Waals surface area contributed by atoms with E-state index in [0.717, 1.165) is 11.3 Å². The third-order valence-electron chi connectivity index (χ3n) is 2.66. The van der Waals surface area contributed by atoms with E-state index in [-0.39, 0.29) is 18.0 Å². The van der Waals surface area contributed by atoms with Gasteiger partial charge in [0.15, 0.2) is 0 Å². The summed E-state index contributed by atoms with van der Waals surface area (Å²) in [4.78, 5) is 11.4. The van der Waals surface area contributed by atoms with Crippen molar-refractivity contribution in [2.24, 2.45) is 7.05 Å². The van der Waals surface area contributed by atoms with E-state index in [2.05, 4.69) is 15.7 Å². The van der Waals surface area contributed by atoms with E-state index in [4.69, 9.17) is 0 Å². The summed E-state index contributed by atoms with van der Waals surface area (Å²) in [5, 5.41) is 10.1. The normalized spacial score (nSPS) is 14.6. The van der Waals surface area contributed by atoms with Crippen molar-refractivity contribution in [3.05, 3.63) is 17.5 Å². The zero-order valence-electron chi connectivity index (χ0n) is 10.5. The maximum Gasteiger partial charge on any atom is 0.236 e. The van der Waals surface area contributed by atoms with Crippen LogP contribution in [-0.2, 0) is 11.8 Å². The van der Waals surface area contributed by atoms with Crippen LogP contribution < -0.4 is 10.6 Å². The highest BCUT2D eigenvalue weighted by atomic mass is 16.2. The maximum atomic E-state index is 11.4. The third kappa shape index (κ3) is 2.82. The van der Waals surface area contributed by atoms with E-state index in [1.54, 1.807) is 11.7 Å². The Kier molecular flexibility index (Phi) is 4.06. The Bertz CT molecular complexity index is 372. The lowest BCUT2D eigenvalue weighted by molar-refractivity contribution is -0.122. The molecule has 0 spiro atoms. The number of nitrogens with one attached hydrogen (secondary N) is 2. The van der Waals surface area contributed by atoms with Gasteiger partial charge in [0.25, 0.3) is 0 Å². The molecule has 5 heteroatoms. The molecule has 1 amide bonds. The van der Waals surface area contributed by atoms with Crippen LogP contribution in [-0.4, -0.2) is 28.8 Å².